The molecule has 0 N–H and O–H groups in total. The van der Waals surface area contributed by atoms with Crippen LogP contribution in [0.5, 0.6) is 5.75 Å². The molecule has 0 aliphatic carbocycles. The Bertz CT molecular complexity index is 676. The van der Waals surface area contributed by atoms with Crippen LogP contribution in [0.4, 0.5) is 13.2 Å². The number of esters is 1. The lowest BCUT2D eigenvalue weighted by molar-refractivity contribution is -0.137. The van der Waals surface area contributed by atoms with Gasteiger partial charge in [-0.3, -0.25) is 0 Å². The highest BCUT2D eigenvalue weighted by molar-refractivity contribution is 5.97. The third-order valence-corrected chi connectivity index (χ3v) is 3.16. The molecule has 0 saturated carbocycles. The van der Waals surface area contributed by atoms with Gasteiger partial charge >= 0.3 is 12.1 Å². The first-order valence-electron chi connectivity index (χ1n) is 6.31. The van der Waals surface area contributed by atoms with Crippen LogP contribution in [0, 0.1) is 0 Å². The van der Waals surface area contributed by atoms with E-state index >= 15 is 0 Å². The second kappa shape index (κ2) is 6.09. The van der Waals surface area contributed by atoms with Gasteiger partial charge in [0.05, 0.1) is 25.3 Å². The van der Waals surface area contributed by atoms with Gasteiger partial charge in [0.2, 0.25) is 0 Å². The monoisotopic (exact) mass is 310 g/mol. The molecular formula is C16H13F3O3. The van der Waals surface area contributed by atoms with Gasteiger partial charge < -0.3 is 9.47 Å². The number of carbonyl (C=O) groups excluding carboxylic acids is 1. The van der Waals surface area contributed by atoms with Gasteiger partial charge in [0, 0.05) is 0 Å². The van der Waals surface area contributed by atoms with Gasteiger partial charge in [0.1, 0.15) is 5.75 Å². The Balaban J connectivity index is 2.50. The summed E-state index contributed by atoms with van der Waals surface area (Å²) in [6.07, 6.45) is -4.40. The Morgan fingerprint density at radius 2 is 1.64 bits per heavy atom. The van der Waals surface area contributed by atoms with Crippen molar-refractivity contribution in [3.63, 3.8) is 0 Å². The van der Waals surface area contributed by atoms with Crippen LogP contribution in [0.2, 0.25) is 0 Å². The smallest absolute Gasteiger partial charge is 0.416 e. The fourth-order valence-corrected chi connectivity index (χ4v) is 2.02. The molecule has 0 spiro atoms. The summed E-state index contributed by atoms with van der Waals surface area (Å²) in [5.41, 5.74) is 0.434. The molecule has 0 unspecified atom stereocenters. The standard InChI is InChI=1S/C16H13F3O3/c1-21-12-7-8-13(14(9-12)15(20)22-2)10-3-5-11(6-4-10)16(17,18)19/h3-9H,1-2H3. The van der Waals surface area contributed by atoms with Crippen LogP contribution < -0.4 is 4.74 Å². The highest BCUT2D eigenvalue weighted by atomic mass is 19.4. The summed E-state index contributed by atoms with van der Waals surface area (Å²) in [4.78, 5) is 11.8. The third-order valence-electron chi connectivity index (χ3n) is 3.16. The van der Waals surface area contributed by atoms with Crippen LogP contribution in [0.15, 0.2) is 42.5 Å². The summed E-state index contributed by atoms with van der Waals surface area (Å²) < 4.78 is 47.5. The molecule has 0 atom stereocenters. The largest absolute Gasteiger partial charge is 0.497 e. The van der Waals surface area contributed by atoms with Crippen molar-refractivity contribution in [2.75, 3.05) is 14.2 Å². The number of carbonyl (C=O) groups is 1. The topological polar surface area (TPSA) is 35.5 Å². The predicted octanol–water partition coefficient (Wildman–Crippen LogP) is 4.17. The first-order chi connectivity index (χ1) is 10.4. The fourth-order valence-electron chi connectivity index (χ4n) is 2.02. The van der Waals surface area contributed by atoms with Gasteiger partial charge in [-0.2, -0.15) is 13.2 Å². The van der Waals surface area contributed by atoms with E-state index in [1.165, 1.54) is 32.4 Å². The lowest BCUT2D eigenvalue weighted by Crippen LogP contribution is -2.06. The number of methoxy groups -OCH3 is 2. The van der Waals surface area contributed by atoms with Crippen LogP contribution >= 0.6 is 0 Å². The van der Waals surface area contributed by atoms with Gasteiger partial charge in [0.25, 0.3) is 0 Å². The van der Waals surface area contributed by atoms with Crippen LogP contribution in [0.25, 0.3) is 11.1 Å². The van der Waals surface area contributed by atoms with Gasteiger partial charge in [-0.15, -0.1) is 0 Å². The van der Waals surface area contributed by atoms with Crippen molar-refractivity contribution in [2.24, 2.45) is 0 Å². The van der Waals surface area contributed by atoms with E-state index < -0.39 is 17.7 Å². The Morgan fingerprint density at radius 3 is 2.14 bits per heavy atom. The first kappa shape index (κ1) is 15.9. The molecule has 0 bridgehead atoms. The maximum absolute atomic E-state index is 12.6. The second-order valence-electron chi connectivity index (χ2n) is 4.48. The molecule has 0 aromatic heterocycles. The molecule has 3 nitrogen and oxygen atoms in total. The van der Waals surface area contributed by atoms with Crippen LogP contribution in [-0.2, 0) is 10.9 Å². The van der Waals surface area contributed by atoms with Crippen molar-refractivity contribution >= 4 is 5.97 Å². The third kappa shape index (κ3) is 3.21. The predicted molar refractivity (Wildman–Crippen MR) is 74.8 cm³/mol. The quantitative estimate of drug-likeness (QED) is 0.798. The summed E-state index contributed by atoms with van der Waals surface area (Å²) >= 11 is 0. The molecule has 0 fully saturated rings. The minimum atomic E-state index is -4.40. The molecule has 2 aromatic carbocycles. The summed E-state index contributed by atoms with van der Waals surface area (Å²) in [5, 5.41) is 0. The lowest BCUT2D eigenvalue weighted by Gasteiger charge is -2.11. The molecule has 0 radical (unpaired) electrons. The van der Waals surface area contributed by atoms with Gasteiger partial charge in [-0.05, 0) is 41.5 Å². The summed E-state index contributed by atoms with van der Waals surface area (Å²) in [6.45, 7) is 0. The first-order valence-corrected chi connectivity index (χ1v) is 6.31. The Kier molecular flexibility index (Phi) is 4.40. The van der Waals surface area contributed by atoms with Crippen molar-refractivity contribution in [2.45, 2.75) is 6.18 Å². The average molecular weight is 310 g/mol. The minimum absolute atomic E-state index is 0.224. The van der Waals surface area contributed by atoms with E-state index in [1.807, 2.05) is 0 Å². The fraction of sp³-hybridized carbons (Fsp3) is 0.188. The Hall–Kier alpha value is -2.50. The average Bonchev–Trinajstić information content (AvgIpc) is 2.52. The Morgan fingerprint density at radius 1 is 1.00 bits per heavy atom. The minimum Gasteiger partial charge on any atom is -0.497 e. The number of rotatable bonds is 3. The van der Waals surface area contributed by atoms with E-state index in [-0.39, 0.29) is 5.56 Å². The summed E-state index contributed by atoms with van der Waals surface area (Å²) in [6, 6.07) is 9.29. The molecule has 6 heteroatoms. The molecule has 116 valence electrons. The van der Waals surface area contributed by atoms with Crippen molar-refractivity contribution in [1.82, 2.24) is 0 Å². The van der Waals surface area contributed by atoms with E-state index in [2.05, 4.69) is 0 Å². The highest BCUT2D eigenvalue weighted by Crippen LogP contribution is 2.33. The van der Waals surface area contributed by atoms with Crippen molar-refractivity contribution in [3.8, 4) is 16.9 Å². The number of ether oxygens (including phenoxy) is 2. The highest BCUT2D eigenvalue weighted by Gasteiger charge is 2.30. The molecule has 0 saturated heterocycles. The molecule has 22 heavy (non-hydrogen) atoms. The number of hydrogen-bond donors (Lipinski definition) is 0. The van der Waals surface area contributed by atoms with Crippen molar-refractivity contribution in [3.05, 3.63) is 53.6 Å². The summed E-state index contributed by atoms with van der Waals surface area (Å²) in [7, 11) is 2.69. The van der Waals surface area contributed by atoms with E-state index in [9.17, 15) is 18.0 Å². The van der Waals surface area contributed by atoms with E-state index in [0.29, 0.717) is 16.9 Å². The molecule has 0 amide bonds. The molecule has 2 aromatic rings. The van der Waals surface area contributed by atoms with Crippen molar-refractivity contribution < 1.29 is 27.4 Å². The second-order valence-corrected chi connectivity index (χ2v) is 4.48. The zero-order valence-corrected chi connectivity index (χ0v) is 11.9. The maximum Gasteiger partial charge on any atom is 0.416 e. The van der Waals surface area contributed by atoms with Gasteiger partial charge in [-0.25, -0.2) is 4.79 Å². The normalized spacial score (nSPS) is 11.1. The van der Waals surface area contributed by atoms with Gasteiger partial charge in [-0.1, -0.05) is 12.1 Å². The molecule has 0 heterocycles. The SMILES string of the molecule is COC(=O)c1cc(OC)ccc1-c1ccc(C(F)(F)F)cc1. The Labute approximate surface area is 125 Å². The molecule has 0 aliphatic heterocycles. The van der Waals surface area contributed by atoms with Crippen LogP contribution in [0.1, 0.15) is 15.9 Å². The zero-order valence-electron chi connectivity index (χ0n) is 11.9. The maximum atomic E-state index is 12.6. The van der Waals surface area contributed by atoms with Crippen LogP contribution in [-0.4, -0.2) is 20.2 Å². The number of hydrogen-bond acceptors (Lipinski definition) is 3. The number of alkyl halides is 3. The van der Waals surface area contributed by atoms with E-state index in [1.54, 1.807) is 12.1 Å². The lowest BCUT2D eigenvalue weighted by atomic mass is 9.98. The number of benzene rings is 2. The van der Waals surface area contributed by atoms with Crippen LogP contribution in [0.3, 0.4) is 0 Å². The number of halogens is 3. The van der Waals surface area contributed by atoms with Gasteiger partial charge in [0.15, 0.2) is 0 Å². The molecular weight excluding hydrogens is 297 g/mol. The molecule has 0 aliphatic rings. The summed E-state index contributed by atoms with van der Waals surface area (Å²) in [5.74, 6) is -0.134. The van der Waals surface area contributed by atoms with E-state index in [0.717, 1.165) is 12.1 Å². The van der Waals surface area contributed by atoms with E-state index in [4.69, 9.17) is 9.47 Å². The molecule has 2 rings (SSSR count). The van der Waals surface area contributed by atoms with Crippen molar-refractivity contribution in [1.29, 1.82) is 0 Å². The zero-order chi connectivity index (χ0) is 16.3.